The molecule has 2 aromatic rings. The fraction of sp³-hybridized carbons (Fsp3) is 0.522. The fourth-order valence-corrected chi connectivity index (χ4v) is 4.64. The van der Waals surface area contributed by atoms with Gasteiger partial charge in [0.2, 0.25) is 11.8 Å². The zero-order valence-electron chi connectivity index (χ0n) is 18.1. The standard InChI is InChI=1S/C23H30FN5O2/c1-15-12-17(24)13-29(15)22(31)14-28-10-7-18(8-11-28)27-20-5-6-21(26-16(2)30)23-19(20)4-3-9-25-23/h3-6,9,15,17-18,27H,7-8,10-14H2,1-2H3,(H,26,30)/t15-,17+/m1/s1. The maximum atomic E-state index is 13.6. The predicted molar refractivity (Wildman–Crippen MR) is 120 cm³/mol. The molecule has 4 rings (SSSR count). The molecule has 0 bridgehead atoms. The molecule has 2 amide bonds. The average Bonchev–Trinajstić information content (AvgIpc) is 3.09. The van der Waals surface area contributed by atoms with Crippen molar-refractivity contribution in [2.45, 2.75) is 51.4 Å². The van der Waals surface area contributed by atoms with Gasteiger partial charge in [-0.05, 0) is 44.0 Å². The van der Waals surface area contributed by atoms with Crippen molar-refractivity contribution in [3.05, 3.63) is 30.5 Å². The van der Waals surface area contributed by atoms with Crippen molar-refractivity contribution < 1.29 is 14.0 Å². The van der Waals surface area contributed by atoms with E-state index in [0.717, 1.165) is 42.5 Å². The molecule has 1 aromatic heterocycles. The van der Waals surface area contributed by atoms with Crippen molar-refractivity contribution in [2.75, 3.05) is 36.8 Å². The number of anilines is 2. The van der Waals surface area contributed by atoms with Crippen molar-refractivity contribution in [2.24, 2.45) is 0 Å². The highest BCUT2D eigenvalue weighted by Crippen LogP contribution is 2.30. The first-order chi connectivity index (χ1) is 14.9. The van der Waals surface area contributed by atoms with Crippen LogP contribution in [-0.2, 0) is 9.59 Å². The van der Waals surface area contributed by atoms with Crippen LogP contribution in [0.5, 0.6) is 0 Å². The number of amides is 2. The number of halogens is 1. The number of likely N-dealkylation sites (tertiary alicyclic amines) is 2. The molecule has 8 heteroatoms. The summed E-state index contributed by atoms with van der Waals surface area (Å²) in [6.07, 6.45) is 3.11. The molecule has 1 aromatic carbocycles. The number of aromatic nitrogens is 1. The number of pyridine rings is 1. The maximum Gasteiger partial charge on any atom is 0.237 e. The van der Waals surface area contributed by atoms with Gasteiger partial charge in [-0.3, -0.25) is 19.5 Å². The zero-order valence-corrected chi connectivity index (χ0v) is 18.1. The van der Waals surface area contributed by atoms with Gasteiger partial charge in [0.05, 0.1) is 24.3 Å². The van der Waals surface area contributed by atoms with Crippen LogP contribution < -0.4 is 10.6 Å². The Morgan fingerprint density at radius 1 is 1.19 bits per heavy atom. The minimum atomic E-state index is -0.893. The van der Waals surface area contributed by atoms with Gasteiger partial charge in [-0.15, -0.1) is 0 Å². The molecule has 0 spiro atoms. The summed E-state index contributed by atoms with van der Waals surface area (Å²) in [6.45, 7) is 5.65. The summed E-state index contributed by atoms with van der Waals surface area (Å²) < 4.78 is 13.6. The highest BCUT2D eigenvalue weighted by Gasteiger charge is 2.33. The minimum Gasteiger partial charge on any atom is -0.382 e. The number of hydrogen-bond acceptors (Lipinski definition) is 5. The van der Waals surface area contributed by atoms with Gasteiger partial charge in [0.25, 0.3) is 0 Å². The number of alkyl halides is 1. The van der Waals surface area contributed by atoms with Gasteiger partial charge in [0.1, 0.15) is 6.17 Å². The molecule has 7 nitrogen and oxygen atoms in total. The van der Waals surface area contributed by atoms with Crippen LogP contribution in [0, 0.1) is 0 Å². The molecule has 0 aliphatic carbocycles. The predicted octanol–water partition coefficient (Wildman–Crippen LogP) is 3.03. The maximum absolute atomic E-state index is 13.6. The first-order valence-electron chi connectivity index (χ1n) is 11.0. The third kappa shape index (κ3) is 4.95. The number of fused-ring (bicyclic) bond motifs is 1. The number of rotatable bonds is 5. The molecular formula is C23H30FN5O2. The molecule has 2 aliphatic rings. The van der Waals surface area contributed by atoms with Gasteiger partial charge in [0.15, 0.2) is 0 Å². The molecule has 2 saturated heterocycles. The first kappa shape index (κ1) is 21.5. The number of carbonyl (C=O) groups is 2. The van der Waals surface area contributed by atoms with Crippen molar-refractivity contribution in [3.8, 4) is 0 Å². The van der Waals surface area contributed by atoms with E-state index in [1.807, 2.05) is 31.2 Å². The highest BCUT2D eigenvalue weighted by molar-refractivity contribution is 6.04. The van der Waals surface area contributed by atoms with E-state index in [2.05, 4.69) is 20.5 Å². The van der Waals surface area contributed by atoms with Crippen molar-refractivity contribution in [3.63, 3.8) is 0 Å². The molecule has 2 fully saturated rings. The minimum absolute atomic E-state index is 0.0101. The Labute approximate surface area is 182 Å². The van der Waals surface area contributed by atoms with Crippen molar-refractivity contribution >= 4 is 34.1 Å². The van der Waals surface area contributed by atoms with E-state index >= 15 is 0 Å². The SMILES string of the molecule is CC(=O)Nc1ccc(NC2CCN(CC(=O)N3C[C@@H](F)C[C@H]3C)CC2)c2cccnc12. The monoisotopic (exact) mass is 427 g/mol. The van der Waals surface area contributed by atoms with Crippen molar-refractivity contribution in [1.82, 2.24) is 14.8 Å². The van der Waals surface area contributed by atoms with Crippen LogP contribution in [0.1, 0.15) is 33.1 Å². The lowest BCUT2D eigenvalue weighted by molar-refractivity contribution is -0.133. The fourth-order valence-electron chi connectivity index (χ4n) is 4.64. The Balaban J connectivity index is 1.35. The number of hydrogen-bond donors (Lipinski definition) is 2. The van der Waals surface area contributed by atoms with Crippen LogP contribution in [-0.4, -0.2) is 71.0 Å². The highest BCUT2D eigenvalue weighted by atomic mass is 19.1. The molecule has 2 N–H and O–H groups in total. The molecule has 166 valence electrons. The van der Waals surface area contributed by atoms with Crippen LogP contribution in [0.2, 0.25) is 0 Å². The molecule has 0 radical (unpaired) electrons. The van der Waals surface area contributed by atoms with Gasteiger partial charge in [-0.2, -0.15) is 0 Å². The van der Waals surface area contributed by atoms with E-state index in [0.29, 0.717) is 24.7 Å². The normalized spacial score (nSPS) is 22.6. The summed E-state index contributed by atoms with van der Waals surface area (Å²) >= 11 is 0. The second kappa shape index (κ2) is 9.18. The Morgan fingerprint density at radius 3 is 2.61 bits per heavy atom. The molecule has 0 saturated carbocycles. The first-order valence-corrected chi connectivity index (χ1v) is 11.0. The smallest absolute Gasteiger partial charge is 0.237 e. The van der Waals surface area contributed by atoms with Gasteiger partial charge in [-0.25, -0.2) is 4.39 Å². The number of nitrogens with one attached hydrogen (secondary N) is 2. The quantitative estimate of drug-likeness (QED) is 0.767. The van der Waals surface area contributed by atoms with Gasteiger partial charge >= 0.3 is 0 Å². The largest absolute Gasteiger partial charge is 0.382 e. The van der Waals surface area contributed by atoms with Gasteiger partial charge in [0, 0.05) is 55.8 Å². The summed E-state index contributed by atoms with van der Waals surface area (Å²) in [4.78, 5) is 32.3. The Bertz CT molecular complexity index is 960. The van der Waals surface area contributed by atoms with Gasteiger partial charge < -0.3 is 15.5 Å². The summed E-state index contributed by atoms with van der Waals surface area (Å²) in [5.74, 6) is -0.0929. The zero-order chi connectivity index (χ0) is 22.0. The van der Waals surface area contributed by atoms with E-state index in [-0.39, 0.29) is 24.4 Å². The summed E-state index contributed by atoms with van der Waals surface area (Å²) in [7, 11) is 0. The molecule has 3 heterocycles. The lowest BCUT2D eigenvalue weighted by atomic mass is 10.0. The third-order valence-electron chi connectivity index (χ3n) is 6.23. The summed E-state index contributed by atoms with van der Waals surface area (Å²) in [5, 5.41) is 7.43. The number of carbonyl (C=O) groups excluding carboxylic acids is 2. The lowest BCUT2D eigenvalue weighted by Crippen LogP contribution is -2.46. The second-order valence-corrected chi connectivity index (χ2v) is 8.66. The topological polar surface area (TPSA) is 77.6 Å². The van der Waals surface area contributed by atoms with E-state index in [9.17, 15) is 14.0 Å². The van der Waals surface area contributed by atoms with Crippen LogP contribution in [0.15, 0.2) is 30.5 Å². The molecule has 0 unspecified atom stereocenters. The summed E-state index contributed by atoms with van der Waals surface area (Å²) in [5.41, 5.74) is 2.46. The lowest BCUT2D eigenvalue weighted by Gasteiger charge is -2.34. The number of nitrogens with zero attached hydrogens (tertiary/aromatic N) is 3. The Morgan fingerprint density at radius 2 is 1.94 bits per heavy atom. The molecule has 2 atom stereocenters. The van der Waals surface area contributed by atoms with E-state index in [1.54, 1.807) is 11.1 Å². The number of piperidine rings is 1. The third-order valence-corrected chi connectivity index (χ3v) is 6.23. The van der Waals surface area contributed by atoms with Crippen LogP contribution in [0.3, 0.4) is 0 Å². The number of benzene rings is 1. The van der Waals surface area contributed by atoms with Crippen LogP contribution in [0.25, 0.3) is 10.9 Å². The van der Waals surface area contributed by atoms with E-state index in [1.165, 1.54) is 6.92 Å². The van der Waals surface area contributed by atoms with Gasteiger partial charge in [-0.1, -0.05) is 0 Å². The average molecular weight is 428 g/mol. The Kier molecular flexibility index (Phi) is 6.36. The van der Waals surface area contributed by atoms with Crippen molar-refractivity contribution in [1.29, 1.82) is 0 Å². The molecule has 31 heavy (non-hydrogen) atoms. The van der Waals surface area contributed by atoms with Crippen LogP contribution >= 0.6 is 0 Å². The molecular weight excluding hydrogens is 397 g/mol. The second-order valence-electron chi connectivity index (χ2n) is 8.66. The van der Waals surface area contributed by atoms with E-state index in [4.69, 9.17) is 0 Å². The summed E-state index contributed by atoms with van der Waals surface area (Å²) in [6, 6.07) is 8.03. The van der Waals surface area contributed by atoms with Crippen LogP contribution in [0.4, 0.5) is 15.8 Å². The Hall–Kier alpha value is -2.74. The molecule has 2 aliphatic heterocycles. The van der Waals surface area contributed by atoms with E-state index < -0.39 is 6.17 Å².